The van der Waals surface area contributed by atoms with Gasteiger partial charge in [-0.1, -0.05) is 36.4 Å². The number of Topliss-reactive ketones (excluding diaryl/α,β-unsaturated/α-hetero) is 2. The molecule has 4 rings (SSSR count). The van der Waals surface area contributed by atoms with E-state index in [1.807, 2.05) is 41.3 Å². The van der Waals surface area contributed by atoms with Gasteiger partial charge in [0.1, 0.15) is 12.4 Å². The van der Waals surface area contributed by atoms with Gasteiger partial charge in [-0.3, -0.25) is 14.4 Å². The van der Waals surface area contributed by atoms with Crippen molar-refractivity contribution >= 4 is 17.5 Å². The van der Waals surface area contributed by atoms with Crippen LogP contribution in [-0.4, -0.2) is 49.7 Å². The summed E-state index contributed by atoms with van der Waals surface area (Å²) in [6.07, 6.45) is 3.24. The van der Waals surface area contributed by atoms with Crippen LogP contribution < -0.4 is 4.74 Å². The number of hydrogen-bond acceptors (Lipinski definition) is 6. The molecule has 0 saturated carbocycles. The molecule has 2 aromatic rings. The van der Waals surface area contributed by atoms with Crippen LogP contribution in [0.1, 0.15) is 47.7 Å². The van der Waals surface area contributed by atoms with Crippen LogP contribution in [-0.2, 0) is 32.1 Å². The highest BCUT2D eigenvalue weighted by atomic mass is 16.5. The number of allylic oxidation sites excluding steroid dienone is 2. The lowest BCUT2D eigenvalue weighted by atomic mass is 9.88. The molecule has 0 aromatic heterocycles. The van der Waals surface area contributed by atoms with E-state index >= 15 is 0 Å². The Morgan fingerprint density at radius 2 is 1.53 bits per heavy atom. The predicted molar refractivity (Wildman–Crippen MR) is 134 cm³/mol. The normalized spacial score (nSPS) is 16.4. The molecule has 2 aromatic carbocycles. The van der Waals surface area contributed by atoms with Crippen molar-refractivity contribution in [1.82, 2.24) is 4.90 Å². The smallest absolute Gasteiger partial charge is 0.257 e. The lowest BCUT2D eigenvalue weighted by Crippen LogP contribution is -2.35. The highest BCUT2D eigenvalue weighted by Gasteiger charge is 2.35. The summed E-state index contributed by atoms with van der Waals surface area (Å²) < 4.78 is 16.4. The van der Waals surface area contributed by atoms with E-state index in [9.17, 15) is 14.4 Å². The van der Waals surface area contributed by atoms with Gasteiger partial charge in [-0.2, -0.15) is 0 Å². The van der Waals surface area contributed by atoms with Crippen molar-refractivity contribution in [3.8, 4) is 5.75 Å². The number of carbonyl (C=O) groups is 3. The van der Waals surface area contributed by atoms with Crippen LogP contribution >= 0.6 is 0 Å². The Bertz CT molecular complexity index is 1220. The molecule has 0 N–H and O–H groups in total. The van der Waals surface area contributed by atoms with Crippen LogP contribution in [0.25, 0.3) is 0 Å². The van der Waals surface area contributed by atoms with Crippen molar-refractivity contribution in [2.45, 2.75) is 39.2 Å². The second-order valence-electron chi connectivity index (χ2n) is 8.96. The third kappa shape index (κ3) is 5.20. The van der Waals surface area contributed by atoms with Gasteiger partial charge in [-0.05, 0) is 49.4 Å². The van der Waals surface area contributed by atoms with Gasteiger partial charge in [0.15, 0.2) is 0 Å². The Morgan fingerprint density at radius 1 is 0.861 bits per heavy atom. The Kier molecular flexibility index (Phi) is 7.88. The molecule has 36 heavy (non-hydrogen) atoms. The first kappa shape index (κ1) is 25.2. The maximum absolute atomic E-state index is 13.5. The standard InChI is InChI=1S/C29H31NO6/c1-19-22(26(32)28(35-3)27(34-2)25(19)31)16-21-12-13-24(36-18-20-10-6-4-7-11-20)23(17-21)29(33)30-14-8-5-9-15-30/h4,6-7,10-13,17H,5,8-9,14-16,18H2,1-3H3. The van der Waals surface area contributed by atoms with Gasteiger partial charge < -0.3 is 19.1 Å². The number of hydrogen-bond donors (Lipinski definition) is 0. The highest BCUT2D eigenvalue weighted by Crippen LogP contribution is 2.30. The lowest BCUT2D eigenvalue weighted by Gasteiger charge is -2.27. The molecular weight excluding hydrogens is 458 g/mol. The third-order valence-corrected chi connectivity index (χ3v) is 6.63. The molecule has 2 aliphatic rings. The number of nitrogens with zero attached hydrogens (tertiary/aromatic N) is 1. The van der Waals surface area contributed by atoms with Crippen LogP contribution in [0.5, 0.6) is 5.75 Å². The van der Waals surface area contributed by atoms with Crippen molar-refractivity contribution < 1.29 is 28.6 Å². The van der Waals surface area contributed by atoms with Gasteiger partial charge >= 0.3 is 0 Å². The number of ether oxygens (including phenoxy) is 3. The monoisotopic (exact) mass is 489 g/mol. The van der Waals surface area contributed by atoms with Gasteiger partial charge in [0.25, 0.3) is 5.91 Å². The van der Waals surface area contributed by atoms with Crippen LogP contribution in [0.15, 0.2) is 71.2 Å². The summed E-state index contributed by atoms with van der Waals surface area (Å²) in [7, 11) is 2.68. The van der Waals surface area contributed by atoms with Gasteiger partial charge in [-0.15, -0.1) is 0 Å². The molecule has 188 valence electrons. The number of benzene rings is 2. The number of carbonyl (C=O) groups excluding carboxylic acids is 3. The van der Waals surface area contributed by atoms with E-state index < -0.39 is 0 Å². The number of ketones is 2. The fraction of sp³-hybridized carbons (Fsp3) is 0.345. The molecule has 0 spiro atoms. The quantitative estimate of drug-likeness (QED) is 0.511. The summed E-state index contributed by atoms with van der Waals surface area (Å²) in [6, 6.07) is 15.1. The van der Waals surface area contributed by atoms with Crippen LogP contribution in [0.2, 0.25) is 0 Å². The number of methoxy groups -OCH3 is 2. The third-order valence-electron chi connectivity index (χ3n) is 6.63. The minimum absolute atomic E-state index is 0.0875. The second-order valence-corrected chi connectivity index (χ2v) is 8.96. The fourth-order valence-corrected chi connectivity index (χ4v) is 4.59. The predicted octanol–water partition coefficient (Wildman–Crippen LogP) is 4.41. The molecule has 7 heteroatoms. The Morgan fingerprint density at radius 3 is 2.19 bits per heavy atom. The molecule has 1 amide bonds. The van der Waals surface area contributed by atoms with Gasteiger partial charge in [0.05, 0.1) is 19.8 Å². The summed E-state index contributed by atoms with van der Waals surface area (Å²) in [5, 5.41) is 0. The topological polar surface area (TPSA) is 82.1 Å². The van der Waals surface area contributed by atoms with E-state index in [1.165, 1.54) is 14.2 Å². The Labute approximate surface area is 211 Å². The van der Waals surface area contributed by atoms with E-state index in [0.29, 0.717) is 42.2 Å². The van der Waals surface area contributed by atoms with E-state index in [-0.39, 0.29) is 35.4 Å². The maximum atomic E-state index is 13.5. The number of likely N-dealkylation sites (tertiary alicyclic amines) is 1. The molecule has 0 radical (unpaired) electrons. The zero-order chi connectivity index (χ0) is 25.7. The van der Waals surface area contributed by atoms with Gasteiger partial charge in [0.2, 0.25) is 23.1 Å². The van der Waals surface area contributed by atoms with Crippen LogP contribution in [0, 0.1) is 0 Å². The first-order chi connectivity index (χ1) is 17.4. The number of amides is 1. The molecule has 0 unspecified atom stereocenters. The lowest BCUT2D eigenvalue weighted by molar-refractivity contribution is -0.121. The first-order valence-corrected chi connectivity index (χ1v) is 12.1. The van der Waals surface area contributed by atoms with Crippen molar-refractivity contribution in [2.24, 2.45) is 0 Å². The van der Waals surface area contributed by atoms with Gasteiger partial charge in [0, 0.05) is 30.7 Å². The zero-order valence-corrected chi connectivity index (χ0v) is 21.0. The first-order valence-electron chi connectivity index (χ1n) is 12.1. The zero-order valence-electron chi connectivity index (χ0n) is 21.0. The number of rotatable bonds is 8. The second kappa shape index (κ2) is 11.2. The average molecular weight is 490 g/mol. The minimum Gasteiger partial charge on any atom is -0.489 e. The van der Waals surface area contributed by atoms with Crippen molar-refractivity contribution in [3.05, 3.63) is 87.9 Å². The Balaban J connectivity index is 1.65. The highest BCUT2D eigenvalue weighted by molar-refractivity contribution is 6.23. The molecule has 1 saturated heterocycles. The van der Waals surface area contributed by atoms with E-state index in [4.69, 9.17) is 14.2 Å². The van der Waals surface area contributed by atoms with E-state index in [0.717, 1.165) is 30.4 Å². The molecule has 1 fully saturated rings. The minimum atomic E-state index is -0.389. The number of piperidine rings is 1. The molecule has 7 nitrogen and oxygen atoms in total. The fourth-order valence-electron chi connectivity index (χ4n) is 4.59. The summed E-state index contributed by atoms with van der Waals surface area (Å²) in [5.74, 6) is -0.550. The molecule has 1 aliphatic heterocycles. The largest absolute Gasteiger partial charge is 0.489 e. The van der Waals surface area contributed by atoms with Crippen LogP contribution in [0.4, 0.5) is 0 Å². The van der Waals surface area contributed by atoms with Crippen LogP contribution in [0.3, 0.4) is 0 Å². The van der Waals surface area contributed by atoms with E-state index in [2.05, 4.69) is 0 Å². The SMILES string of the molecule is COC1=C(OC)C(=O)C(Cc2ccc(OCc3ccccc3)c(C(=O)N3CCCCC3)c2)=C(C)C1=O. The molecule has 1 heterocycles. The molecule has 0 bridgehead atoms. The average Bonchev–Trinajstić information content (AvgIpc) is 2.92. The summed E-state index contributed by atoms with van der Waals surface area (Å²) >= 11 is 0. The van der Waals surface area contributed by atoms with Crippen molar-refractivity contribution in [3.63, 3.8) is 0 Å². The molecular formula is C29H31NO6. The van der Waals surface area contributed by atoms with Crippen molar-refractivity contribution in [1.29, 1.82) is 0 Å². The summed E-state index contributed by atoms with van der Waals surface area (Å²) in [6.45, 7) is 3.36. The summed E-state index contributed by atoms with van der Waals surface area (Å²) in [5.41, 5.74) is 2.82. The van der Waals surface area contributed by atoms with Crippen molar-refractivity contribution in [2.75, 3.05) is 27.3 Å². The maximum Gasteiger partial charge on any atom is 0.257 e. The molecule has 0 atom stereocenters. The summed E-state index contributed by atoms with van der Waals surface area (Å²) in [4.78, 5) is 41.2. The van der Waals surface area contributed by atoms with Gasteiger partial charge in [-0.25, -0.2) is 0 Å². The van der Waals surface area contributed by atoms with E-state index in [1.54, 1.807) is 19.1 Å². The molecule has 1 aliphatic carbocycles. The Hall–Kier alpha value is -3.87.